The fourth-order valence-electron chi connectivity index (χ4n) is 2.45. The zero-order valence-corrected chi connectivity index (χ0v) is 13.1. The number of aliphatic hydroxyl groups is 1. The first-order valence-electron chi connectivity index (χ1n) is 6.59. The normalized spacial score (nSPS) is 14.3. The van der Waals surface area contributed by atoms with E-state index in [0.29, 0.717) is 5.69 Å². The Kier molecular flexibility index (Phi) is 4.25. The van der Waals surface area contributed by atoms with E-state index in [1.54, 1.807) is 10.7 Å². The third kappa shape index (κ3) is 2.63. The van der Waals surface area contributed by atoms with Crippen molar-refractivity contribution in [2.75, 3.05) is 7.11 Å². The van der Waals surface area contributed by atoms with E-state index in [2.05, 4.69) is 5.10 Å². The van der Waals surface area contributed by atoms with Crippen molar-refractivity contribution in [1.82, 2.24) is 9.78 Å². The molecule has 1 heterocycles. The maximum Gasteiger partial charge on any atom is 0.136 e. The van der Waals surface area contributed by atoms with E-state index >= 15 is 0 Å². The molecule has 0 saturated carbocycles. The summed E-state index contributed by atoms with van der Waals surface area (Å²) >= 11 is 6.16. The minimum atomic E-state index is -1.67. The van der Waals surface area contributed by atoms with Gasteiger partial charge >= 0.3 is 0 Å². The van der Waals surface area contributed by atoms with E-state index < -0.39 is 11.4 Å². The molecule has 0 amide bonds. The quantitative estimate of drug-likeness (QED) is 0.939. The summed E-state index contributed by atoms with van der Waals surface area (Å²) in [6.07, 6.45) is 1.44. The summed E-state index contributed by atoms with van der Waals surface area (Å²) in [7, 11) is 1.43. The fraction of sp³-hybridized carbons (Fsp3) is 0.400. The van der Waals surface area contributed by atoms with Gasteiger partial charge in [0.05, 0.1) is 29.6 Å². The highest BCUT2D eigenvalue weighted by molar-refractivity contribution is 6.31. The third-order valence-corrected chi connectivity index (χ3v) is 3.66. The number of benzene rings is 1. The SMILES string of the molecule is COc1cccc(F)c1C(C)(O)c1c(Cl)cnn1C(C)C. The summed E-state index contributed by atoms with van der Waals surface area (Å²) in [6, 6.07) is 4.36. The second-order valence-electron chi connectivity index (χ2n) is 5.27. The molecule has 0 aliphatic heterocycles. The van der Waals surface area contributed by atoms with Crippen molar-refractivity contribution in [3.63, 3.8) is 0 Å². The lowest BCUT2D eigenvalue weighted by Crippen LogP contribution is -2.30. The maximum absolute atomic E-state index is 14.3. The minimum absolute atomic E-state index is 0.0308. The molecule has 0 aliphatic rings. The molecule has 2 rings (SSSR count). The van der Waals surface area contributed by atoms with Gasteiger partial charge in [-0.15, -0.1) is 0 Å². The molecule has 0 saturated heterocycles. The Morgan fingerprint density at radius 2 is 2.10 bits per heavy atom. The van der Waals surface area contributed by atoms with Crippen LogP contribution in [0.3, 0.4) is 0 Å². The number of nitrogens with zero attached hydrogens (tertiary/aromatic N) is 2. The molecular formula is C15H18ClFN2O2. The summed E-state index contributed by atoms with van der Waals surface area (Å²) in [5, 5.41) is 15.4. The molecule has 0 aliphatic carbocycles. The van der Waals surface area contributed by atoms with Gasteiger partial charge in [-0.3, -0.25) is 4.68 Å². The monoisotopic (exact) mass is 312 g/mol. The van der Waals surface area contributed by atoms with Crippen LogP contribution in [0.15, 0.2) is 24.4 Å². The van der Waals surface area contributed by atoms with Crippen LogP contribution >= 0.6 is 11.6 Å². The zero-order chi connectivity index (χ0) is 15.8. The first-order chi connectivity index (χ1) is 9.80. The fourth-order valence-corrected chi connectivity index (χ4v) is 2.77. The average molecular weight is 313 g/mol. The molecule has 1 atom stereocenters. The summed E-state index contributed by atoms with van der Waals surface area (Å²) in [5.74, 6) is -0.306. The smallest absolute Gasteiger partial charge is 0.136 e. The Morgan fingerprint density at radius 3 is 2.67 bits per heavy atom. The van der Waals surface area contributed by atoms with Crippen LogP contribution in [-0.2, 0) is 5.60 Å². The van der Waals surface area contributed by atoms with Gasteiger partial charge in [-0.05, 0) is 32.9 Å². The van der Waals surface area contributed by atoms with Crippen molar-refractivity contribution in [3.8, 4) is 5.75 Å². The molecule has 1 N–H and O–H groups in total. The van der Waals surface area contributed by atoms with Crippen molar-refractivity contribution in [2.24, 2.45) is 0 Å². The molecule has 0 fully saturated rings. The Bertz CT molecular complexity index is 653. The second kappa shape index (κ2) is 5.66. The number of hydrogen-bond acceptors (Lipinski definition) is 3. The molecule has 1 aromatic heterocycles. The van der Waals surface area contributed by atoms with Gasteiger partial charge in [-0.25, -0.2) is 4.39 Å². The first-order valence-corrected chi connectivity index (χ1v) is 6.97. The second-order valence-corrected chi connectivity index (χ2v) is 5.68. The molecule has 0 bridgehead atoms. The van der Waals surface area contributed by atoms with Crippen LogP contribution in [0.1, 0.15) is 38.1 Å². The van der Waals surface area contributed by atoms with E-state index in [1.165, 1.54) is 32.4 Å². The molecule has 2 aromatic rings. The Labute approximate surface area is 128 Å². The molecular weight excluding hydrogens is 295 g/mol. The van der Waals surface area contributed by atoms with Crippen LogP contribution in [0.5, 0.6) is 5.75 Å². The highest BCUT2D eigenvalue weighted by atomic mass is 35.5. The predicted molar refractivity (Wildman–Crippen MR) is 79.2 cm³/mol. The molecule has 6 heteroatoms. The highest BCUT2D eigenvalue weighted by Gasteiger charge is 2.37. The molecule has 1 aromatic carbocycles. The molecule has 0 radical (unpaired) electrons. The van der Waals surface area contributed by atoms with E-state index in [-0.39, 0.29) is 22.4 Å². The maximum atomic E-state index is 14.3. The average Bonchev–Trinajstić information content (AvgIpc) is 2.80. The number of hydrogen-bond donors (Lipinski definition) is 1. The lowest BCUT2D eigenvalue weighted by atomic mass is 9.90. The van der Waals surface area contributed by atoms with E-state index in [4.69, 9.17) is 16.3 Å². The summed E-state index contributed by atoms with van der Waals surface area (Å²) in [5.41, 5.74) is -1.30. The molecule has 4 nitrogen and oxygen atoms in total. The highest BCUT2D eigenvalue weighted by Crippen LogP contribution is 2.40. The first kappa shape index (κ1) is 15.8. The van der Waals surface area contributed by atoms with Crippen molar-refractivity contribution in [2.45, 2.75) is 32.4 Å². The van der Waals surface area contributed by atoms with Crippen molar-refractivity contribution >= 4 is 11.6 Å². The van der Waals surface area contributed by atoms with Crippen molar-refractivity contribution < 1.29 is 14.2 Å². The van der Waals surface area contributed by atoms with Gasteiger partial charge < -0.3 is 9.84 Å². The lowest BCUT2D eigenvalue weighted by Gasteiger charge is -2.28. The summed E-state index contributed by atoms with van der Waals surface area (Å²) in [4.78, 5) is 0. The van der Waals surface area contributed by atoms with Gasteiger partial charge in [-0.1, -0.05) is 17.7 Å². The Hall–Kier alpha value is -1.59. The van der Waals surface area contributed by atoms with Crippen LogP contribution < -0.4 is 4.74 Å². The number of ether oxygens (including phenoxy) is 1. The topological polar surface area (TPSA) is 47.3 Å². The van der Waals surface area contributed by atoms with Crippen LogP contribution in [0, 0.1) is 5.82 Å². The summed E-state index contributed by atoms with van der Waals surface area (Å²) < 4.78 is 21.0. The Morgan fingerprint density at radius 1 is 1.43 bits per heavy atom. The van der Waals surface area contributed by atoms with Gasteiger partial charge in [-0.2, -0.15) is 5.10 Å². The third-order valence-electron chi connectivity index (χ3n) is 3.38. The van der Waals surface area contributed by atoms with Crippen LogP contribution in [0.25, 0.3) is 0 Å². The predicted octanol–water partition coefficient (Wildman–Crippen LogP) is 3.52. The zero-order valence-electron chi connectivity index (χ0n) is 12.4. The molecule has 114 valence electrons. The largest absolute Gasteiger partial charge is 0.496 e. The van der Waals surface area contributed by atoms with E-state index in [9.17, 15) is 9.50 Å². The van der Waals surface area contributed by atoms with Crippen molar-refractivity contribution in [1.29, 1.82) is 0 Å². The van der Waals surface area contributed by atoms with E-state index in [1.807, 2.05) is 13.8 Å². The summed E-state index contributed by atoms with van der Waals surface area (Å²) in [6.45, 7) is 5.29. The van der Waals surface area contributed by atoms with Crippen LogP contribution in [0.2, 0.25) is 5.02 Å². The van der Waals surface area contributed by atoms with Crippen molar-refractivity contribution in [3.05, 3.63) is 46.5 Å². The molecule has 1 unspecified atom stereocenters. The number of rotatable bonds is 4. The number of aromatic nitrogens is 2. The van der Waals surface area contributed by atoms with Crippen LogP contribution in [-0.4, -0.2) is 22.0 Å². The van der Waals surface area contributed by atoms with Gasteiger partial charge in [0.1, 0.15) is 17.2 Å². The molecule has 0 spiro atoms. The Balaban J connectivity index is 2.71. The number of methoxy groups -OCH3 is 1. The number of halogens is 2. The van der Waals surface area contributed by atoms with Gasteiger partial charge in [0.15, 0.2) is 0 Å². The van der Waals surface area contributed by atoms with E-state index in [0.717, 1.165) is 0 Å². The van der Waals surface area contributed by atoms with Gasteiger partial charge in [0.25, 0.3) is 0 Å². The minimum Gasteiger partial charge on any atom is -0.496 e. The molecule has 21 heavy (non-hydrogen) atoms. The van der Waals surface area contributed by atoms with Gasteiger partial charge in [0.2, 0.25) is 0 Å². The standard InChI is InChI=1S/C15H18ClFN2O2/c1-9(2)19-14(10(16)8-18-19)15(3,20)13-11(17)6-5-7-12(13)21-4/h5-9,20H,1-4H3. The van der Waals surface area contributed by atoms with Gasteiger partial charge in [0, 0.05) is 6.04 Å². The lowest BCUT2D eigenvalue weighted by molar-refractivity contribution is 0.0829. The van der Waals surface area contributed by atoms with Crippen LogP contribution in [0.4, 0.5) is 4.39 Å².